The molecule has 0 spiro atoms. The van der Waals surface area contributed by atoms with Gasteiger partial charge in [-0.2, -0.15) is 8.42 Å². The van der Waals surface area contributed by atoms with Crippen LogP contribution in [0.25, 0.3) is 4.91 Å². The molecule has 2 heterocycles. The zero-order valence-corrected chi connectivity index (χ0v) is 21.5. The summed E-state index contributed by atoms with van der Waals surface area (Å²) in [6, 6.07) is 14.2. The third kappa shape index (κ3) is 4.54. The van der Waals surface area contributed by atoms with Gasteiger partial charge in [-0.3, -0.25) is 4.79 Å². The molecule has 7 heteroatoms. The van der Waals surface area contributed by atoms with Crippen LogP contribution in [-0.4, -0.2) is 38.2 Å². The second-order valence-corrected chi connectivity index (χ2v) is 11.6. The van der Waals surface area contributed by atoms with Crippen LogP contribution in [0.5, 0.6) is 0 Å². The highest BCUT2D eigenvalue weighted by Gasteiger charge is 2.36. The van der Waals surface area contributed by atoms with Crippen molar-refractivity contribution in [3.63, 3.8) is 0 Å². The van der Waals surface area contributed by atoms with E-state index in [1.807, 2.05) is 49.9 Å². The molecule has 2 aromatic rings. The van der Waals surface area contributed by atoms with Gasteiger partial charge in [0.05, 0.1) is 6.04 Å². The largest absolute Gasteiger partial charge is 0.356 e. The molecular formula is C28H33N3O3S. The third-order valence-corrected chi connectivity index (χ3v) is 9.23. The summed E-state index contributed by atoms with van der Waals surface area (Å²) in [5.41, 5.74) is 6.14. The molecule has 1 atom stereocenters. The fraction of sp³-hybridized carbons (Fsp3) is 0.429. The predicted molar refractivity (Wildman–Crippen MR) is 139 cm³/mol. The lowest BCUT2D eigenvalue weighted by Gasteiger charge is -2.34. The number of carbonyl (C=O) groups excluding carboxylic acids is 1. The molecule has 0 unspecified atom stereocenters. The number of hydrogen-bond donors (Lipinski definition) is 1. The number of benzene rings is 2. The van der Waals surface area contributed by atoms with Crippen molar-refractivity contribution in [1.29, 1.82) is 0 Å². The Morgan fingerprint density at radius 3 is 2.49 bits per heavy atom. The minimum absolute atomic E-state index is 0.0672. The van der Waals surface area contributed by atoms with Crippen molar-refractivity contribution in [1.82, 2.24) is 10.2 Å². The number of nitrogens with one attached hydrogen (secondary N) is 1. The van der Waals surface area contributed by atoms with Gasteiger partial charge >= 0.3 is 0 Å². The molecule has 0 radical (unpaired) electrons. The van der Waals surface area contributed by atoms with E-state index in [1.165, 1.54) is 11.1 Å². The SMILES string of the molecule is CC1=C(c2ccc(C)c(C)c2)S(=O)(=O)N=C1N1CCC(C(=O)N[C@H]2CCCc3ccccc32)CC1. The van der Waals surface area contributed by atoms with Gasteiger partial charge < -0.3 is 10.2 Å². The van der Waals surface area contributed by atoms with Crippen LogP contribution in [-0.2, 0) is 21.2 Å². The lowest BCUT2D eigenvalue weighted by Crippen LogP contribution is -2.44. The Bertz CT molecular complexity index is 1330. The number of fused-ring (bicyclic) bond motifs is 1. The molecule has 35 heavy (non-hydrogen) atoms. The monoisotopic (exact) mass is 491 g/mol. The van der Waals surface area contributed by atoms with Crippen LogP contribution < -0.4 is 5.32 Å². The third-order valence-electron chi connectivity index (χ3n) is 7.76. The highest BCUT2D eigenvalue weighted by Crippen LogP contribution is 2.36. The maximum Gasteiger partial charge on any atom is 0.285 e. The lowest BCUT2D eigenvalue weighted by atomic mass is 9.87. The van der Waals surface area contributed by atoms with Crippen LogP contribution in [0, 0.1) is 19.8 Å². The Labute approximate surface area is 208 Å². The number of likely N-dealkylation sites (tertiary alicyclic amines) is 1. The Morgan fingerprint density at radius 1 is 1.00 bits per heavy atom. The minimum atomic E-state index is -3.75. The van der Waals surface area contributed by atoms with Crippen molar-refractivity contribution in [2.24, 2.45) is 10.3 Å². The zero-order valence-electron chi connectivity index (χ0n) is 20.7. The van der Waals surface area contributed by atoms with E-state index in [-0.39, 0.29) is 17.9 Å². The normalized spacial score (nSPS) is 22.1. The van der Waals surface area contributed by atoms with E-state index < -0.39 is 10.0 Å². The summed E-state index contributed by atoms with van der Waals surface area (Å²) in [4.78, 5) is 15.4. The van der Waals surface area contributed by atoms with Gasteiger partial charge in [-0.1, -0.05) is 42.5 Å². The predicted octanol–water partition coefficient (Wildman–Crippen LogP) is 4.68. The van der Waals surface area contributed by atoms with Gasteiger partial charge in [0, 0.05) is 24.6 Å². The molecule has 0 saturated carbocycles. The summed E-state index contributed by atoms with van der Waals surface area (Å²) in [7, 11) is -3.75. The number of nitrogens with zero attached hydrogens (tertiary/aromatic N) is 2. The smallest absolute Gasteiger partial charge is 0.285 e. The molecule has 1 amide bonds. The molecular weight excluding hydrogens is 458 g/mol. The van der Waals surface area contributed by atoms with Gasteiger partial charge in [-0.15, -0.1) is 4.40 Å². The molecule has 3 aliphatic rings. The molecule has 0 bridgehead atoms. The standard InChI is InChI=1S/C28H33N3O3S/c1-18-11-12-23(17-19(18)2)26-20(3)27(30-35(26,33)34)31-15-13-22(14-16-31)28(32)29-25-10-6-8-21-7-4-5-9-24(21)25/h4-5,7,9,11-12,17,22,25H,6,8,10,13-16H2,1-3H3,(H,29,32)/t25-/m0/s1. The van der Waals surface area contributed by atoms with E-state index in [0.29, 0.717) is 47.8 Å². The second kappa shape index (κ2) is 9.26. The Balaban J connectivity index is 1.27. The average molecular weight is 492 g/mol. The number of aryl methyl sites for hydroxylation is 3. The van der Waals surface area contributed by atoms with E-state index >= 15 is 0 Å². The Kier molecular flexibility index (Phi) is 6.30. The quantitative estimate of drug-likeness (QED) is 0.676. The van der Waals surface area contributed by atoms with Gasteiger partial charge in [0.15, 0.2) is 0 Å². The molecule has 6 nitrogen and oxygen atoms in total. The van der Waals surface area contributed by atoms with Crippen LogP contribution in [0.2, 0.25) is 0 Å². The lowest BCUT2D eigenvalue weighted by molar-refractivity contribution is -0.127. The van der Waals surface area contributed by atoms with Crippen molar-refractivity contribution in [2.75, 3.05) is 13.1 Å². The number of amides is 1. The van der Waals surface area contributed by atoms with Crippen molar-refractivity contribution in [3.05, 3.63) is 75.9 Å². The molecule has 2 aliphatic heterocycles. The average Bonchev–Trinajstić information content (AvgIpc) is 3.09. The van der Waals surface area contributed by atoms with Crippen LogP contribution in [0.3, 0.4) is 0 Å². The van der Waals surface area contributed by atoms with Gasteiger partial charge in [0.1, 0.15) is 10.7 Å². The maximum absolute atomic E-state index is 13.1. The topological polar surface area (TPSA) is 78.8 Å². The molecule has 184 valence electrons. The first kappa shape index (κ1) is 23.8. The molecule has 0 aromatic heterocycles. The van der Waals surface area contributed by atoms with E-state index in [1.54, 1.807) is 0 Å². The zero-order chi connectivity index (χ0) is 24.7. The molecule has 1 N–H and O–H groups in total. The van der Waals surface area contributed by atoms with E-state index in [4.69, 9.17) is 0 Å². The second-order valence-electron chi connectivity index (χ2n) is 10.1. The fourth-order valence-corrected chi connectivity index (χ4v) is 7.09. The summed E-state index contributed by atoms with van der Waals surface area (Å²) >= 11 is 0. The highest BCUT2D eigenvalue weighted by molar-refractivity contribution is 8.00. The number of rotatable bonds is 3. The highest BCUT2D eigenvalue weighted by atomic mass is 32.2. The Hall–Kier alpha value is -2.93. The summed E-state index contributed by atoms with van der Waals surface area (Å²) in [5.74, 6) is 0.566. The van der Waals surface area contributed by atoms with Crippen molar-refractivity contribution in [3.8, 4) is 0 Å². The number of hydrogen-bond acceptors (Lipinski definition) is 4. The van der Waals surface area contributed by atoms with Gasteiger partial charge in [-0.05, 0) is 80.7 Å². The Morgan fingerprint density at radius 2 is 1.74 bits per heavy atom. The fourth-order valence-electron chi connectivity index (χ4n) is 5.61. The van der Waals surface area contributed by atoms with Crippen LogP contribution in [0.1, 0.15) is 66.5 Å². The van der Waals surface area contributed by atoms with E-state index in [2.05, 4.69) is 27.9 Å². The van der Waals surface area contributed by atoms with Crippen molar-refractivity contribution in [2.45, 2.75) is 58.9 Å². The van der Waals surface area contributed by atoms with E-state index in [0.717, 1.165) is 30.4 Å². The van der Waals surface area contributed by atoms with Crippen molar-refractivity contribution >= 4 is 26.7 Å². The maximum atomic E-state index is 13.1. The minimum Gasteiger partial charge on any atom is -0.356 e. The number of carbonyl (C=O) groups is 1. The number of piperidine rings is 1. The summed E-state index contributed by atoms with van der Waals surface area (Å²) < 4.78 is 30.1. The van der Waals surface area contributed by atoms with Crippen LogP contribution in [0.15, 0.2) is 52.4 Å². The molecule has 1 fully saturated rings. The first-order valence-corrected chi connectivity index (χ1v) is 14.0. The first-order valence-electron chi connectivity index (χ1n) is 12.5. The van der Waals surface area contributed by atoms with Gasteiger partial charge in [0.25, 0.3) is 10.0 Å². The number of amidine groups is 1. The van der Waals surface area contributed by atoms with Gasteiger partial charge in [0.2, 0.25) is 5.91 Å². The van der Waals surface area contributed by atoms with Crippen LogP contribution in [0.4, 0.5) is 0 Å². The van der Waals surface area contributed by atoms with E-state index in [9.17, 15) is 13.2 Å². The molecule has 2 aromatic carbocycles. The molecule has 1 aliphatic carbocycles. The summed E-state index contributed by atoms with van der Waals surface area (Å²) in [6.07, 6.45) is 4.50. The first-order chi connectivity index (χ1) is 16.7. The number of sulfonamides is 1. The summed E-state index contributed by atoms with van der Waals surface area (Å²) in [6.45, 7) is 7.07. The van der Waals surface area contributed by atoms with Crippen LogP contribution >= 0.6 is 0 Å². The molecule has 1 saturated heterocycles. The molecule has 5 rings (SSSR count). The van der Waals surface area contributed by atoms with Gasteiger partial charge in [-0.25, -0.2) is 0 Å². The summed E-state index contributed by atoms with van der Waals surface area (Å²) in [5, 5.41) is 3.30. The van der Waals surface area contributed by atoms with Crippen molar-refractivity contribution < 1.29 is 13.2 Å².